The molecule has 0 saturated carbocycles. The van der Waals surface area contributed by atoms with Gasteiger partial charge < -0.3 is 14.6 Å². The highest BCUT2D eigenvalue weighted by Gasteiger charge is 2.39. The second-order valence-electron chi connectivity index (χ2n) is 5.37. The first-order chi connectivity index (χ1) is 6.65. The van der Waals surface area contributed by atoms with E-state index in [0.29, 0.717) is 5.57 Å². The Morgan fingerprint density at radius 2 is 1.80 bits per heavy atom. The van der Waals surface area contributed by atoms with Crippen molar-refractivity contribution in [3.05, 3.63) is 12.2 Å². The third kappa shape index (κ3) is 4.07. The summed E-state index contributed by atoms with van der Waals surface area (Å²) in [5.41, 5.74) is 0.544. The summed E-state index contributed by atoms with van der Waals surface area (Å²) in [4.78, 5) is 0. The fraction of sp³-hybridized carbons (Fsp3) is 0.818. The highest BCUT2D eigenvalue weighted by molar-refractivity contribution is 6.74. The predicted octanol–water partition coefficient (Wildman–Crippen LogP) is 1.92. The number of hydrogen-bond donors (Lipinski definition) is 2. The fourth-order valence-electron chi connectivity index (χ4n) is 0.884. The number of rotatable bonds is 5. The van der Waals surface area contributed by atoms with Gasteiger partial charge in [0.05, 0.1) is 19.3 Å². The zero-order chi connectivity index (χ0) is 12.3. The van der Waals surface area contributed by atoms with Crippen LogP contribution in [-0.2, 0) is 4.43 Å². The molecule has 1 atom stereocenters. The molecular formula is C11H24O3Si. The summed E-state index contributed by atoms with van der Waals surface area (Å²) >= 11 is 0. The van der Waals surface area contributed by atoms with Crippen LogP contribution in [0.25, 0.3) is 0 Å². The lowest BCUT2D eigenvalue weighted by Crippen LogP contribution is -2.45. The van der Waals surface area contributed by atoms with E-state index in [9.17, 15) is 5.11 Å². The van der Waals surface area contributed by atoms with E-state index in [-0.39, 0.29) is 18.3 Å². The Morgan fingerprint density at radius 1 is 1.33 bits per heavy atom. The Hall–Kier alpha value is -0.163. The minimum Gasteiger partial charge on any atom is -0.408 e. The molecule has 2 N–H and O–H groups in total. The van der Waals surface area contributed by atoms with Gasteiger partial charge in [-0.2, -0.15) is 0 Å². The second kappa shape index (κ2) is 5.25. The predicted molar refractivity (Wildman–Crippen MR) is 65.4 cm³/mol. The van der Waals surface area contributed by atoms with Crippen LogP contribution in [0.5, 0.6) is 0 Å². The molecule has 3 nitrogen and oxygen atoms in total. The molecule has 0 heterocycles. The zero-order valence-corrected chi connectivity index (χ0v) is 11.5. The first-order valence-corrected chi connectivity index (χ1v) is 8.13. The minimum absolute atomic E-state index is 0.0934. The summed E-state index contributed by atoms with van der Waals surface area (Å²) in [5.74, 6) is 0. The van der Waals surface area contributed by atoms with Crippen molar-refractivity contribution in [1.29, 1.82) is 0 Å². The van der Waals surface area contributed by atoms with Gasteiger partial charge in [-0.1, -0.05) is 27.4 Å². The standard InChI is InChI=1S/C11H24O3Si/c1-9(7-12)10(8-13)14-15(5,6)11(2,3)4/h10,12-13H,1,7-8H2,2-6H3/t10-/m0/s1. The second-order valence-corrected chi connectivity index (χ2v) is 10.1. The van der Waals surface area contributed by atoms with Crippen molar-refractivity contribution in [3.63, 3.8) is 0 Å². The third-order valence-electron chi connectivity index (χ3n) is 3.07. The largest absolute Gasteiger partial charge is 0.408 e. The van der Waals surface area contributed by atoms with E-state index in [4.69, 9.17) is 9.53 Å². The molecule has 0 amide bonds. The first-order valence-electron chi connectivity index (χ1n) is 5.23. The zero-order valence-electron chi connectivity index (χ0n) is 10.5. The number of aliphatic hydroxyl groups excluding tert-OH is 2. The molecule has 0 bridgehead atoms. The van der Waals surface area contributed by atoms with Gasteiger partial charge in [-0.05, 0) is 23.7 Å². The number of hydrogen-bond acceptors (Lipinski definition) is 3. The quantitative estimate of drug-likeness (QED) is 0.562. The van der Waals surface area contributed by atoms with Crippen molar-refractivity contribution in [1.82, 2.24) is 0 Å². The molecule has 90 valence electrons. The molecule has 0 fully saturated rings. The van der Waals surface area contributed by atoms with Crippen molar-refractivity contribution < 1.29 is 14.6 Å². The fourth-order valence-corrected chi connectivity index (χ4v) is 2.19. The first kappa shape index (κ1) is 14.8. The summed E-state index contributed by atoms with van der Waals surface area (Å²) in [7, 11) is -1.90. The molecule has 0 aliphatic rings. The Morgan fingerprint density at radius 3 is 2.07 bits per heavy atom. The molecule has 15 heavy (non-hydrogen) atoms. The van der Waals surface area contributed by atoms with Crippen LogP contribution in [0.15, 0.2) is 12.2 Å². The van der Waals surface area contributed by atoms with E-state index in [2.05, 4.69) is 40.4 Å². The van der Waals surface area contributed by atoms with Crippen molar-refractivity contribution in [2.45, 2.75) is 45.0 Å². The van der Waals surface area contributed by atoms with E-state index in [1.165, 1.54) is 0 Å². The highest BCUT2D eigenvalue weighted by atomic mass is 28.4. The highest BCUT2D eigenvalue weighted by Crippen LogP contribution is 2.37. The molecule has 0 rings (SSSR count). The molecule has 0 aromatic rings. The molecule has 0 spiro atoms. The third-order valence-corrected chi connectivity index (χ3v) is 7.55. The smallest absolute Gasteiger partial charge is 0.193 e. The Balaban J connectivity index is 4.62. The molecular weight excluding hydrogens is 208 g/mol. The molecule has 0 aromatic carbocycles. The normalized spacial score (nSPS) is 15.1. The van der Waals surface area contributed by atoms with Crippen LogP contribution < -0.4 is 0 Å². The summed E-state index contributed by atoms with van der Waals surface area (Å²) in [5, 5.41) is 18.2. The van der Waals surface area contributed by atoms with Crippen LogP contribution in [0, 0.1) is 0 Å². The van der Waals surface area contributed by atoms with E-state index in [1.54, 1.807) is 0 Å². The summed E-state index contributed by atoms with van der Waals surface area (Å²) in [6, 6.07) is 0. The van der Waals surface area contributed by atoms with Gasteiger partial charge in [-0.25, -0.2) is 0 Å². The summed E-state index contributed by atoms with van der Waals surface area (Å²) in [6.07, 6.45) is -0.434. The topological polar surface area (TPSA) is 49.7 Å². The maximum absolute atomic E-state index is 9.18. The molecule has 0 aliphatic heterocycles. The Bertz CT molecular complexity index is 218. The van der Waals surface area contributed by atoms with Gasteiger partial charge in [0.1, 0.15) is 0 Å². The molecule has 0 saturated heterocycles. The molecule has 0 aliphatic carbocycles. The van der Waals surface area contributed by atoms with Crippen LogP contribution in [-0.4, -0.2) is 37.8 Å². The van der Waals surface area contributed by atoms with Crippen LogP contribution in [0.4, 0.5) is 0 Å². The van der Waals surface area contributed by atoms with E-state index >= 15 is 0 Å². The van der Waals surface area contributed by atoms with Crippen LogP contribution in [0.1, 0.15) is 20.8 Å². The van der Waals surface area contributed by atoms with E-state index < -0.39 is 14.4 Å². The van der Waals surface area contributed by atoms with Gasteiger partial charge in [0, 0.05) is 0 Å². The van der Waals surface area contributed by atoms with Crippen molar-refractivity contribution in [2.75, 3.05) is 13.2 Å². The van der Waals surface area contributed by atoms with Gasteiger partial charge in [0.25, 0.3) is 0 Å². The van der Waals surface area contributed by atoms with Gasteiger partial charge in [-0.15, -0.1) is 0 Å². The molecule has 4 heteroatoms. The average molecular weight is 232 g/mol. The van der Waals surface area contributed by atoms with E-state index in [0.717, 1.165) is 0 Å². The van der Waals surface area contributed by atoms with Gasteiger partial charge in [0.2, 0.25) is 0 Å². The van der Waals surface area contributed by atoms with Gasteiger partial charge in [-0.3, -0.25) is 0 Å². The Kier molecular flexibility index (Phi) is 5.19. The molecule has 0 unspecified atom stereocenters. The SMILES string of the molecule is C=C(CO)[C@H](CO)O[Si](C)(C)C(C)(C)C. The summed E-state index contributed by atoms with van der Waals surface area (Å²) in [6.45, 7) is 14.1. The lowest BCUT2D eigenvalue weighted by Gasteiger charge is -2.39. The van der Waals surface area contributed by atoms with Crippen molar-refractivity contribution in [2.24, 2.45) is 0 Å². The van der Waals surface area contributed by atoms with E-state index in [1.807, 2.05) is 0 Å². The van der Waals surface area contributed by atoms with Crippen LogP contribution >= 0.6 is 0 Å². The monoisotopic (exact) mass is 232 g/mol. The van der Waals surface area contributed by atoms with Crippen LogP contribution in [0.3, 0.4) is 0 Å². The lowest BCUT2D eigenvalue weighted by molar-refractivity contribution is 0.118. The van der Waals surface area contributed by atoms with Crippen molar-refractivity contribution >= 4 is 8.32 Å². The van der Waals surface area contributed by atoms with Gasteiger partial charge in [0.15, 0.2) is 8.32 Å². The number of aliphatic hydroxyl groups is 2. The maximum Gasteiger partial charge on any atom is 0.193 e. The Labute approximate surface area is 93.9 Å². The van der Waals surface area contributed by atoms with Gasteiger partial charge >= 0.3 is 0 Å². The summed E-state index contributed by atoms with van der Waals surface area (Å²) < 4.78 is 5.93. The minimum atomic E-state index is -1.90. The van der Waals surface area contributed by atoms with Crippen LogP contribution in [0.2, 0.25) is 18.1 Å². The molecule has 0 radical (unpaired) electrons. The molecule has 0 aromatic heterocycles. The lowest BCUT2D eigenvalue weighted by atomic mass is 10.2. The average Bonchev–Trinajstić information content (AvgIpc) is 2.11. The maximum atomic E-state index is 9.18. The van der Waals surface area contributed by atoms with Crippen molar-refractivity contribution in [3.8, 4) is 0 Å².